The van der Waals surface area contributed by atoms with E-state index in [2.05, 4.69) is 10.6 Å². The van der Waals surface area contributed by atoms with Gasteiger partial charge in [-0.3, -0.25) is 9.59 Å². The van der Waals surface area contributed by atoms with E-state index in [4.69, 9.17) is 4.74 Å². The number of hydrogen-bond acceptors (Lipinski definition) is 3. The number of para-hydroxylation sites is 1. The van der Waals surface area contributed by atoms with E-state index >= 15 is 0 Å². The van der Waals surface area contributed by atoms with Gasteiger partial charge in [0.05, 0.1) is 6.61 Å². The first kappa shape index (κ1) is 20.5. The zero-order valence-electron chi connectivity index (χ0n) is 16.2. The van der Waals surface area contributed by atoms with Crippen LogP contribution in [0.3, 0.4) is 0 Å². The molecule has 2 aromatic rings. The standard InChI is InChI=1S/C22H28N2O3/c1-16(2)20(24-21(25)18-12-10-17(3)11-13-18)22(26)23-14-7-15-27-19-8-5-4-6-9-19/h4-6,8-13,16,20H,7,14-15H2,1-3H3,(H,23,26)(H,24,25). The van der Waals surface area contributed by atoms with Crippen LogP contribution in [-0.2, 0) is 4.79 Å². The van der Waals surface area contributed by atoms with Gasteiger partial charge in [0.25, 0.3) is 5.91 Å². The average Bonchev–Trinajstić information content (AvgIpc) is 2.66. The number of nitrogens with one attached hydrogen (secondary N) is 2. The third-order valence-corrected chi connectivity index (χ3v) is 4.18. The molecule has 144 valence electrons. The van der Waals surface area contributed by atoms with E-state index in [-0.39, 0.29) is 17.7 Å². The third kappa shape index (κ3) is 6.77. The minimum atomic E-state index is -0.575. The molecule has 0 aliphatic heterocycles. The van der Waals surface area contributed by atoms with Gasteiger partial charge in [-0.15, -0.1) is 0 Å². The van der Waals surface area contributed by atoms with Gasteiger partial charge in [-0.25, -0.2) is 0 Å². The first-order valence-corrected chi connectivity index (χ1v) is 9.30. The smallest absolute Gasteiger partial charge is 0.251 e. The fourth-order valence-electron chi connectivity index (χ4n) is 2.56. The average molecular weight is 368 g/mol. The molecule has 0 saturated carbocycles. The van der Waals surface area contributed by atoms with Gasteiger partial charge >= 0.3 is 0 Å². The number of benzene rings is 2. The predicted octanol–water partition coefficient (Wildman–Crippen LogP) is 3.33. The van der Waals surface area contributed by atoms with Crippen LogP contribution < -0.4 is 15.4 Å². The maximum atomic E-state index is 12.5. The van der Waals surface area contributed by atoms with E-state index in [0.29, 0.717) is 25.1 Å². The Morgan fingerprint density at radius 1 is 1.00 bits per heavy atom. The fourth-order valence-corrected chi connectivity index (χ4v) is 2.56. The Morgan fingerprint density at radius 2 is 1.67 bits per heavy atom. The molecule has 2 rings (SSSR count). The molecule has 0 heterocycles. The number of rotatable bonds is 9. The zero-order valence-corrected chi connectivity index (χ0v) is 16.2. The summed E-state index contributed by atoms with van der Waals surface area (Å²) < 4.78 is 5.61. The number of ether oxygens (including phenoxy) is 1. The van der Waals surface area contributed by atoms with Crippen molar-refractivity contribution >= 4 is 11.8 Å². The Labute approximate surface area is 161 Å². The summed E-state index contributed by atoms with van der Waals surface area (Å²) in [7, 11) is 0. The first-order valence-electron chi connectivity index (χ1n) is 9.30. The quantitative estimate of drug-likeness (QED) is 0.667. The molecule has 0 saturated heterocycles. The summed E-state index contributed by atoms with van der Waals surface area (Å²) in [5, 5.41) is 5.72. The lowest BCUT2D eigenvalue weighted by Crippen LogP contribution is -2.50. The highest BCUT2D eigenvalue weighted by molar-refractivity contribution is 5.97. The predicted molar refractivity (Wildman–Crippen MR) is 107 cm³/mol. The van der Waals surface area contributed by atoms with Gasteiger partial charge in [-0.05, 0) is 43.5 Å². The van der Waals surface area contributed by atoms with Crippen LogP contribution in [0.4, 0.5) is 0 Å². The molecule has 0 aliphatic carbocycles. The zero-order chi connectivity index (χ0) is 19.6. The van der Waals surface area contributed by atoms with Crippen molar-refractivity contribution in [2.45, 2.75) is 33.2 Å². The van der Waals surface area contributed by atoms with E-state index in [9.17, 15) is 9.59 Å². The molecule has 0 radical (unpaired) electrons. The van der Waals surface area contributed by atoms with Crippen LogP contribution >= 0.6 is 0 Å². The van der Waals surface area contributed by atoms with Crippen LogP contribution in [0.1, 0.15) is 36.2 Å². The second-order valence-electron chi connectivity index (χ2n) is 6.87. The molecule has 0 fully saturated rings. The van der Waals surface area contributed by atoms with Gasteiger partial charge in [0, 0.05) is 12.1 Å². The Hall–Kier alpha value is -2.82. The lowest BCUT2D eigenvalue weighted by Gasteiger charge is -2.22. The normalized spacial score (nSPS) is 11.7. The van der Waals surface area contributed by atoms with Crippen molar-refractivity contribution in [3.63, 3.8) is 0 Å². The fraction of sp³-hybridized carbons (Fsp3) is 0.364. The number of hydrogen-bond donors (Lipinski definition) is 2. The summed E-state index contributed by atoms with van der Waals surface area (Å²) in [6.07, 6.45) is 0.692. The summed E-state index contributed by atoms with van der Waals surface area (Å²) in [6, 6.07) is 16.3. The van der Waals surface area contributed by atoms with Crippen LogP contribution in [0, 0.1) is 12.8 Å². The Morgan fingerprint density at radius 3 is 2.30 bits per heavy atom. The molecule has 0 aliphatic rings. The number of carbonyl (C=O) groups is 2. The van der Waals surface area contributed by atoms with Crippen LogP contribution in [0.5, 0.6) is 5.75 Å². The van der Waals surface area contributed by atoms with Crippen LogP contribution in [0.2, 0.25) is 0 Å². The molecule has 1 unspecified atom stereocenters. The molecule has 2 N–H and O–H groups in total. The van der Waals surface area contributed by atoms with Crippen LogP contribution in [0.15, 0.2) is 54.6 Å². The van der Waals surface area contributed by atoms with Gasteiger partial charge in [0.1, 0.15) is 11.8 Å². The molecule has 0 spiro atoms. The van der Waals surface area contributed by atoms with Gasteiger partial charge in [0.2, 0.25) is 5.91 Å². The minimum absolute atomic E-state index is 0.0139. The SMILES string of the molecule is Cc1ccc(C(=O)NC(C(=O)NCCCOc2ccccc2)C(C)C)cc1. The van der Waals surface area contributed by atoms with Gasteiger partial charge in [-0.2, -0.15) is 0 Å². The molecule has 5 nitrogen and oxygen atoms in total. The lowest BCUT2D eigenvalue weighted by molar-refractivity contribution is -0.123. The van der Waals surface area contributed by atoms with Crippen LogP contribution in [-0.4, -0.2) is 31.0 Å². The molecule has 5 heteroatoms. The molecule has 1 atom stereocenters. The molecular weight excluding hydrogens is 340 g/mol. The number of carbonyl (C=O) groups excluding carboxylic acids is 2. The maximum absolute atomic E-state index is 12.5. The van der Waals surface area contributed by atoms with Gasteiger partial charge < -0.3 is 15.4 Å². The second-order valence-corrected chi connectivity index (χ2v) is 6.87. The molecule has 2 aromatic carbocycles. The largest absolute Gasteiger partial charge is 0.494 e. The highest BCUT2D eigenvalue weighted by Crippen LogP contribution is 2.09. The van der Waals surface area contributed by atoms with E-state index in [1.54, 1.807) is 12.1 Å². The molecule has 2 amide bonds. The molecule has 0 aromatic heterocycles. The summed E-state index contributed by atoms with van der Waals surface area (Å²) >= 11 is 0. The van der Waals surface area contributed by atoms with E-state index in [1.165, 1.54) is 0 Å². The number of amides is 2. The highest BCUT2D eigenvalue weighted by Gasteiger charge is 2.24. The van der Waals surface area contributed by atoms with Crippen molar-refractivity contribution in [3.8, 4) is 5.75 Å². The van der Waals surface area contributed by atoms with E-state index in [1.807, 2.05) is 63.2 Å². The monoisotopic (exact) mass is 368 g/mol. The minimum Gasteiger partial charge on any atom is -0.494 e. The summed E-state index contributed by atoms with van der Waals surface area (Å²) in [6.45, 7) is 6.81. The Balaban J connectivity index is 1.78. The summed E-state index contributed by atoms with van der Waals surface area (Å²) in [5.74, 6) is 0.385. The van der Waals surface area contributed by atoms with Crippen molar-refractivity contribution in [3.05, 3.63) is 65.7 Å². The van der Waals surface area contributed by atoms with Crippen LogP contribution in [0.25, 0.3) is 0 Å². The van der Waals surface area contributed by atoms with Crippen molar-refractivity contribution in [2.75, 3.05) is 13.2 Å². The molecule has 0 bridgehead atoms. The highest BCUT2D eigenvalue weighted by atomic mass is 16.5. The molecular formula is C22H28N2O3. The van der Waals surface area contributed by atoms with Crippen molar-refractivity contribution in [1.29, 1.82) is 0 Å². The summed E-state index contributed by atoms with van der Waals surface area (Å²) in [5.41, 5.74) is 1.64. The van der Waals surface area contributed by atoms with Crippen molar-refractivity contribution in [1.82, 2.24) is 10.6 Å². The second kappa shape index (κ2) is 10.4. The number of aryl methyl sites for hydroxylation is 1. The lowest BCUT2D eigenvalue weighted by atomic mass is 10.0. The Bertz CT molecular complexity index is 727. The van der Waals surface area contributed by atoms with Gasteiger partial charge in [-0.1, -0.05) is 49.7 Å². The Kier molecular flexibility index (Phi) is 7.86. The van der Waals surface area contributed by atoms with Gasteiger partial charge in [0.15, 0.2) is 0 Å². The van der Waals surface area contributed by atoms with E-state index < -0.39 is 6.04 Å². The van der Waals surface area contributed by atoms with Crippen molar-refractivity contribution < 1.29 is 14.3 Å². The third-order valence-electron chi connectivity index (χ3n) is 4.18. The molecule has 27 heavy (non-hydrogen) atoms. The summed E-state index contributed by atoms with van der Waals surface area (Å²) in [4.78, 5) is 24.9. The maximum Gasteiger partial charge on any atom is 0.251 e. The first-order chi connectivity index (χ1) is 13.0. The van der Waals surface area contributed by atoms with E-state index in [0.717, 1.165) is 11.3 Å². The van der Waals surface area contributed by atoms with Crippen molar-refractivity contribution in [2.24, 2.45) is 5.92 Å². The topological polar surface area (TPSA) is 67.4 Å².